The van der Waals surface area contributed by atoms with Crippen molar-refractivity contribution in [2.75, 3.05) is 0 Å². The summed E-state index contributed by atoms with van der Waals surface area (Å²) in [6.45, 7) is 0. The zero-order valence-corrected chi connectivity index (χ0v) is 29.1. The second-order valence-electron chi connectivity index (χ2n) is 11.4. The topological polar surface area (TPSA) is 168 Å². The molecule has 5 heterocycles. The third-order valence-electron chi connectivity index (χ3n) is 8.62. The van der Waals surface area contributed by atoms with Gasteiger partial charge in [0.15, 0.2) is 0 Å². The summed E-state index contributed by atoms with van der Waals surface area (Å²) in [5.74, 6) is 0. The molecule has 0 unspecified atom stereocenters. The summed E-state index contributed by atoms with van der Waals surface area (Å²) in [5.41, 5.74) is 2.45. The van der Waals surface area contributed by atoms with Crippen molar-refractivity contribution in [1.82, 2.24) is 4.57 Å². The summed E-state index contributed by atoms with van der Waals surface area (Å²) >= 11 is 2.64. The first-order chi connectivity index (χ1) is 24.6. The second-order valence-corrected chi connectivity index (χ2v) is 17.3. The quantitative estimate of drug-likeness (QED) is 0.164. The maximum Gasteiger partial charge on any atom is 0.207 e. The normalized spacial score (nSPS) is 16.8. The van der Waals surface area contributed by atoms with Crippen molar-refractivity contribution in [3.8, 4) is 30.0 Å². The van der Waals surface area contributed by atoms with Gasteiger partial charge in [-0.1, -0.05) is 54.6 Å². The molecule has 0 bridgehead atoms. The summed E-state index contributed by atoms with van der Waals surface area (Å²) in [7, 11) is -8.11. The molecule has 0 saturated heterocycles. The highest BCUT2D eigenvalue weighted by atomic mass is 32.2. The zero-order valence-electron chi connectivity index (χ0n) is 25.8. The van der Waals surface area contributed by atoms with Gasteiger partial charge in [0.25, 0.3) is 0 Å². The molecule has 0 amide bonds. The molecule has 3 aromatic carbocycles. The van der Waals surface area contributed by atoms with E-state index in [1.54, 1.807) is 36.4 Å². The number of hydrogen-bond acceptors (Lipinski definition) is 10. The lowest BCUT2D eigenvalue weighted by Crippen LogP contribution is -1.98. The number of para-hydroxylation sites is 1. The Morgan fingerprint density at radius 1 is 0.569 bits per heavy atom. The number of nitrogens with zero attached hydrogens (tertiary/aromatic N) is 5. The van der Waals surface area contributed by atoms with Crippen LogP contribution in [-0.2, 0) is 19.7 Å². The maximum atomic E-state index is 13.8. The van der Waals surface area contributed by atoms with Gasteiger partial charge in [0.1, 0.15) is 35.4 Å². The van der Waals surface area contributed by atoms with Gasteiger partial charge in [-0.2, -0.15) is 21.0 Å². The lowest BCUT2D eigenvalue weighted by Gasteiger charge is -2.05. The number of aromatic nitrogens is 1. The molecule has 0 N–H and O–H groups in total. The van der Waals surface area contributed by atoms with Crippen LogP contribution in [0.25, 0.3) is 49.4 Å². The minimum absolute atomic E-state index is 0.0240. The molecule has 0 aliphatic carbocycles. The Morgan fingerprint density at radius 3 is 1.37 bits per heavy atom. The van der Waals surface area contributed by atoms with Crippen molar-refractivity contribution in [2.24, 2.45) is 0 Å². The van der Waals surface area contributed by atoms with Crippen LogP contribution in [0, 0.1) is 45.3 Å². The van der Waals surface area contributed by atoms with Crippen molar-refractivity contribution < 1.29 is 16.8 Å². The summed E-state index contributed by atoms with van der Waals surface area (Å²) in [6.07, 6.45) is 2.98. The van der Waals surface area contributed by atoms with Crippen LogP contribution in [0.1, 0.15) is 20.9 Å². The number of sulfone groups is 2. The van der Waals surface area contributed by atoms with E-state index in [0.29, 0.717) is 20.9 Å². The molecule has 0 atom stereocenters. The molecular formula is C38H17N5O4S4. The van der Waals surface area contributed by atoms with Gasteiger partial charge in [0.05, 0.1) is 40.0 Å². The molecule has 51 heavy (non-hydrogen) atoms. The smallest absolute Gasteiger partial charge is 0.207 e. The Kier molecular flexibility index (Phi) is 7.28. The summed E-state index contributed by atoms with van der Waals surface area (Å²) in [6, 6.07) is 33.2. The average Bonchev–Trinajstić information content (AvgIpc) is 3.90. The Hall–Kier alpha value is -6.32. The van der Waals surface area contributed by atoms with Crippen molar-refractivity contribution in [3.05, 3.63) is 133 Å². The number of rotatable bonds is 3. The minimum atomic E-state index is -4.06. The molecule has 0 saturated carbocycles. The highest BCUT2D eigenvalue weighted by Gasteiger charge is 2.39. The minimum Gasteiger partial charge on any atom is -0.307 e. The fourth-order valence-electron chi connectivity index (χ4n) is 6.52. The molecule has 2 aliphatic heterocycles. The third kappa shape index (κ3) is 4.65. The Bertz CT molecular complexity index is 2870. The van der Waals surface area contributed by atoms with Gasteiger partial charge >= 0.3 is 0 Å². The van der Waals surface area contributed by atoms with Crippen LogP contribution >= 0.6 is 22.7 Å². The van der Waals surface area contributed by atoms with E-state index < -0.39 is 19.7 Å². The molecule has 242 valence electrons. The largest absolute Gasteiger partial charge is 0.307 e. The number of benzene rings is 3. The molecule has 8 rings (SSSR count). The van der Waals surface area contributed by atoms with Gasteiger partial charge in [-0.15, -0.1) is 22.7 Å². The molecule has 9 nitrogen and oxygen atoms in total. The fraction of sp³-hybridized carbons (Fsp3) is 0. The Balaban J connectivity index is 1.37. The predicted octanol–water partition coefficient (Wildman–Crippen LogP) is 8.17. The van der Waals surface area contributed by atoms with Gasteiger partial charge in [-0.25, -0.2) is 16.8 Å². The number of fused-ring (bicyclic) bond motifs is 5. The van der Waals surface area contributed by atoms with E-state index in [9.17, 15) is 37.9 Å². The first kappa shape index (κ1) is 31.9. The summed E-state index contributed by atoms with van der Waals surface area (Å²) in [5, 5.41) is 39.0. The highest BCUT2D eigenvalue weighted by Crippen LogP contribution is 2.49. The predicted molar refractivity (Wildman–Crippen MR) is 196 cm³/mol. The third-order valence-corrected chi connectivity index (χ3v) is 14.6. The fourth-order valence-corrected chi connectivity index (χ4v) is 12.4. The van der Waals surface area contributed by atoms with Crippen LogP contribution in [0.15, 0.2) is 122 Å². The average molecular weight is 736 g/mol. The molecule has 3 aromatic heterocycles. The molecule has 2 aliphatic rings. The van der Waals surface area contributed by atoms with E-state index in [1.165, 1.54) is 47.0 Å². The van der Waals surface area contributed by atoms with E-state index in [0.717, 1.165) is 26.1 Å². The maximum absolute atomic E-state index is 13.8. The molecule has 13 heteroatoms. The molecular weight excluding hydrogens is 719 g/mol. The zero-order chi connectivity index (χ0) is 35.7. The van der Waals surface area contributed by atoms with Crippen molar-refractivity contribution in [3.63, 3.8) is 0 Å². The van der Waals surface area contributed by atoms with Crippen molar-refractivity contribution in [2.45, 2.75) is 9.79 Å². The van der Waals surface area contributed by atoms with Crippen LogP contribution in [-0.4, -0.2) is 21.4 Å². The summed E-state index contributed by atoms with van der Waals surface area (Å²) in [4.78, 5) is 0.894. The van der Waals surface area contributed by atoms with E-state index in [1.807, 2.05) is 71.3 Å². The number of allylic oxidation sites excluding steroid dienone is 4. The first-order valence-electron chi connectivity index (χ1n) is 15.0. The lowest BCUT2D eigenvalue weighted by atomic mass is 10.0. The van der Waals surface area contributed by atoms with Crippen LogP contribution in [0.4, 0.5) is 0 Å². The highest BCUT2D eigenvalue weighted by molar-refractivity contribution is 7.97. The molecule has 0 fully saturated rings. The molecule has 0 radical (unpaired) electrons. The first-order valence-corrected chi connectivity index (χ1v) is 19.6. The SMILES string of the molecule is N#CC(C#N)=C1/C(=C/c2cc3c(s2)c2sc(/C=C4/C(=C(C#N)C#N)c5ccccc5S4(=O)=O)cc2n3-c2ccccc2)S(=O)(=O)c2ccccc21. The Labute approximate surface area is 299 Å². The number of nitriles is 4. The van der Waals surface area contributed by atoms with E-state index in [2.05, 4.69) is 0 Å². The van der Waals surface area contributed by atoms with E-state index in [-0.39, 0.29) is 41.9 Å². The molecule has 6 aromatic rings. The monoisotopic (exact) mass is 735 g/mol. The summed E-state index contributed by atoms with van der Waals surface area (Å²) < 4.78 is 58.8. The Morgan fingerprint density at radius 2 is 0.961 bits per heavy atom. The van der Waals surface area contributed by atoms with Crippen LogP contribution in [0.3, 0.4) is 0 Å². The van der Waals surface area contributed by atoms with Gasteiger partial charge in [-0.3, -0.25) is 0 Å². The number of thiophene rings is 2. The van der Waals surface area contributed by atoms with Gasteiger partial charge in [0.2, 0.25) is 19.7 Å². The van der Waals surface area contributed by atoms with Crippen LogP contribution in [0.5, 0.6) is 0 Å². The second kappa shape index (κ2) is 11.6. The van der Waals surface area contributed by atoms with E-state index >= 15 is 0 Å². The lowest BCUT2D eigenvalue weighted by molar-refractivity contribution is 0.603. The van der Waals surface area contributed by atoms with Crippen molar-refractivity contribution in [1.29, 1.82) is 21.0 Å². The molecule has 0 spiro atoms. The van der Waals surface area contributed by atoms with Gasteiger partial charge in [-0.05, 0) is 48.6 Å². The standard InChI is InChI=1S/C38H17N5O4S4/c39-18-22(19-40)35-27-10-4-6-12-31(27)50(44,45)33(35)16-25-14-29-37(48-25)38-30(43(29)24-8-2-1-3-9-24)15-26(49-38)17-34-36(23(20-41)21-42)28-11-5-7-13-32(28)51(34,46)47/h1-17H/b33-16-,34-17-. The van der Waals surface area contributed by atoms with Crippen molar-refractivity contribution >= 4 is 86.1 Å². The van der Waals surface area contributed by atoms with Gasteiger partial charge < -0.3 is 4.57 Å². The van der Waals surface area contributed by atoms with Crippen LogP contribution < -0.4 is 0 Å². The van der Waals surface area contributed by atoms with Crippen LogP contribution in [0.2, 0.25) is 0 Å². The van der Waals surface area contributed by atoms with E-state index in [4.69, 9.17) is 0 Å². The van der Waals surface area contributed by atoms with Gasteiger partial charge in [0, 0.05) is 37.7 Å². The number of hydrogen-bond donors (Lipinski definition) is 0.